The summed E-state index contributed by atoms with van der Waals surface area (Å²) in [5.41, 5.74) is 7.47. The van der Waals surface area contributed by atoms with Crippen molar-refractivity contribution in [3.8, 4) is 0 Å². The summed E-state index contributed by atoms with van der Waals surface area (Å²) < 4.78 is 0. The molecular formula is C14H16N4O2. The summed E-state index contributed by atoms with van der Waals surface area (Å²) in [6.07, 6.45) is 1.10. The minimum atomic E-state index is -0.704. The molecule has 0 saturated carbocycles. The Balaban J connectivity index is 1.75. The van der Waals surface area contributed by atoms with E-state index in [0.717, 1.165) is 17.5 Å². The molecular weight excluding hydrogens is 256 g/mol. The smallest absolute Gasteiger partial charge is 0.223 e. The standard InChI is InChI=1S/C14H16N4O2/c15-9(7-8-5-6-16-14(8)20)12(19)13-17-10-3-1-2-4-11(10)18-13/h1-4,8-9H,5-7,15H2,(H,16,20)(H,17,18)/t8-,9-/m0/s1. The van der Waals surface area contributed by atoms with E-state index in [1.54, 1.807) is 0 Å². The monoisotopic (exact) mass is 272 g/mol. The lowest BCUT2D eigenvalue weighted by atomic mass is 9.96. The summed E-state index contributed by atoms with van der Waals surface area (Å²) in [6.45, 7) is 0.662. The number of fused-ring (bicyclic) bond motifs is 1. The van der Waals surface area contributed by atoms with Crippen LogP contribution in [0.4, 0.5) is 0 Å². The second kappa shape index (κ2) is 5.05. The van der Waals surface area contributed by atoms with Crippen molar-refractivity contribution in [2.24, 2.45) is 11.7 Å². The van der Waals surface area contributed by atoms with Crippen LogP contribution in [0.25, 0.3) is 11.0 Å². The third kappa shape index (κ3) is 2.30. The second-order valence-electron chi connectivity index (χ2n) is 5.09. The number of nitrogens with one attached hydrogen (secondary N) is 2. The fourth-order valence-corrected chi connectivity index (χ4v) is 2.53. The van der Waals surface area contributed by atoms with Crippen LogP contribution >= 0.6 is 0 Å². The number of aromatic nitrogens is 2. The third-order valence-electron chi connectivity index (χ3n) is 3.66. The normalized spacial score (nSPS) is 20.1. The third-order valence-corrected chi connectivity index (χ3v) is 3.66. The number of nitrogens with zero attached hydrogens (tertiary/aromatic N) is 1. The van der Waals surface area contributed by atoms with Crippen LogP contribution in [-0.4, -0.2) is 34.2 Å². The number of benzene rings is 1. The number of amides is 1. The van der Waals surface area contributed by atoms with Crippen LogP contribution in [0.15, 0.2) is 24.3 Å². The summed E-state index contributed by atoms with van der Waals surface area (Å²) >= 11 is 0. The number of rotatable bonds is 4. The van der Waals surface area contributed by atoms with Gasteiger partial charge in [-0.2, -0.15) is 0 Å². The molecule has 104 valence electrons. The molecule has 3 rings (SSSR count). The van der Waals surface area contributed by atoms with Gasteiger partial charge in [-0.3, -0.25) is 9.59 Å². The van der Waals surface area contributed by atoms with Crippen LogP contribution < -0.4 is 11.1 Å². The van der Waals surface area contributed by atoms with Crippen LogP contribution in [0.1, 0.15) is 23.5 Å². The fraction of sp³-hybridized carbons (Fsp3) is 0.357. The van der Waals surface area contributed by atoms with Crippen molar-refractivity contribution in [2.45, 2.75) is 18.9 Å². The second-order valence-corrected chi connectivity index (χ2v) is 5.09. The summed E-state index contributed by atoms with van der Waals surface area (Å²) in [5.74, 6) is -0.172. The maximum atomic E-state index is 12.3. The van der Waals surface area contributed by atoms with Crippen molar-refractivity contribution < 1.29 is 9.59 Å². The van der Waals surface area contributed by atoms with Crippen molar-refractivity contribution >= 4 is 22.7 Å². The number of hydrogen-bond acceptors (Lipinski definition) is 4. The molecule has 6 heteroatoms. The maximum absolute atomic E-state index is 12.3. The number of nitrogens with two attached hydrogens (primary N) is 1. The molecule has 6 nitrogen and oxygen atoms in total. The Kier molecular flexibility index (Phi) is 3.23. The number of hydrogen-bond donors (Lipinski definition) is 3. The first-order valence-corrected chi connectivity index (χ1v) is 6.67. The quantitative estimate of drug-likeness (QED) is 0.709. The zero-order chi connectivity index (χ0) is 14.1. The van der Waals surface area contributed by atoms with Gasteiger partial charge in [0.25, 0.3) is 0 Å². The van der Waals surface area contributed by atoms with Crippen molar-refractivity contribution in [3.63, 3.8) is 0 Å². The number of carbonyl (C=O) groups is 2. The van der Waals surface area contributed by atoms with Crippen molar-refractivity contribution in [3.05, 3.63) is 30.1 Å². The molecule has 4 N–H and O–H groups in total. The molecule has 1 fully saturated rings. The molecule has 0 bridgehead atoms. The predicted octanol–water partition coefficient (Wildman–Crippen LogP) is 0.599. The van der Waals surface area contributed by atoms with Crippen LogP contribution in [0, 0.1) is 5.92 Å². The Morgan fingerprint density at radius 3 is 2.95 bits per heavy atom. The van der Waals surface area contributed by atoms with E-state index in [1.165, 1.54) is 0 Å². The molecule has 2 atom stereocenters. The lowest BCUT2D eigenvalue weighted by Crippen LogP contribution is -2.35. The molecule has 0 radical (unpaired) electrons. The molecule has 2 heterocycles. The predicted molar refractivity (Wildman–Crippen MR) is 74.1 cm³/mol. The van der Waals surface area contributed by atoms with E-state index in [4.69, 9.17) is 5.73 Å². The first kappa shape index (κ1) is 12.8. The van der Waals surface area contributed by atoms with E-state index in [2.05, 4.69) is 15.3 Å². The number of H-pyrrole nitrogens is 1. The highest BCUT2D eigenvalue weighted by Gasteiger charge is 2.29. The van der Waals surface area contributed by atoms with E-state index in [1.807, 2.05) is 24.3 Å². The maximum Gasteiger partial charge on any atom is 0.223 e. The molecule has 0 spiro atoms. The zero-order valence-corrected chi connectivity index (χ0v) is 10.9. The number of Topliss-reactive ketones (excluding diaryl/α,β-unsaturated/α-hetero) is 1. The zero-order valence-electron chi connectivity index (χ0n) is 10.9. The van der Waals surface area contributed by atoms with Gasteiger partial charge in [0, 0.05) is 12.5 Å². The van der Waals surface area contributed by atoms with Crippen LogP contribution in [0.2, 0.25) is 0 Å². The number of imidazole rings is 1. The van der Waals surface area contributed by atoms with E-state index in [0.29, 0.717) is 13.0 Å². The summed E-state index contributed by atoms with van der Waals surface area (Å²) in [4.78, 5) is 31.0. The molecule has 0 unspecified atom stereocenters. The van der Waals surface area contributed by atoms with E-state index in [-0.39, 0.29) is 23.4 Å². The van der Waals surface area contributed by atoms with Crippen molar-refractivity contribution in [1.82, 2.24) is 15.3 Å². The van der Waals surface area contributed by atoms with Crippen LogP contribution in [0.3, 0.4) is 0 Å². The van der Waals surface area contributed by atoms with Crippen molar-refractivity contribution in [1.29, 1.82) is 0 Å². The van der Waals surface area contributed by atoms with Gasteiger partial charge in [-0.25, -0.2) is 4.98 Å². The number of aromatic amines is 1. The topological polar surface area (TPSA) is 101 Å². The van der Waals surface area contributed by atoms with Gasteiger partial charge in [0.2, 0.25) is 11.7 Å². The highest BCUT2D eigenvalue weighted by Crippen LogP contribution is 2.18. The Labute approximate surface area is 115 Å². The highest BCUT2D eigenvalue weighted by molar-refractivity contribution is 5.99. The van der Waals surface area contributed by atoms with Gasteiger partial charge in [0.05, 0.1) is 17.1 Å². The largest absolute Gasteiger partial charge is 0.356 e. The minimum Gasteiger partial charge on any atom is -0.356 e. The van der Waals surface area contributed by atoms with Gasteiger partial charge in [0.15, 0.2) is 5.82 Å². The molecule has 1 aliphatic heterocycles. The molecule has 2 aromatic rings. The Morgan fingerprint density at radius 1 is 1.45 bits per heavy atom. The summed E-state index contributed by atoms with van der Waals surface area (Å²) in [6, 6.07) is 6.72. The molecule has 1 aromatic carbocycles. The van der Waals surface area contributed by atoms with E-state index >= 15 is 0 Å². The number of para-hydroxylation sites is 2. The van der Waals surface area contributed by atoms with Gasteiger partial charge in [-0.1, -0.05) is 12.1 Å². The SMILES string of the molecule is N[C@@H](C[C@@H]1CCNC1=O)C(=O)c1nc2ccccc2[nH]1. The van der Waals surface area contributed by atoms with Gasteiger partial charge in [0.1, 0.15) is 0 Å². The number of carbonyl (C=O) groups excluding carboxylic acids is 2. The summed E-state index contributed by atoms with van der Waals surface area (Å²) in [7, 11) is 0. The van der Waals surface area contributed by atoms with Crippen molar-refractivity contribution in [2.75, 3.05) is 6.54 Å². The van der Waals surface area contributed by atoms with Gasteiger partial charge >= 0.3 is 0 Å². The lowest BCUT2D eigenvalue weighted by molar-refractivity contribution is -0.122. The summed E-state index contributed by atoms with van der Waals surface area (Å²) in [5, 5.41) is 2.75. The molecule has 1 aliphatic rings. The first-order chi connectivity index (χ1) is 9.65. The van der Waals surface area contributed by atoms with Gasteiger partial charge < -0.3 is 16.0 Å². The number of ketones is 1. The van der Waals surface area contributed by atoms with Crippen LogP contribution in [0.5, 0.6) is 0 Å². The molecule has 1 saturated heterocycles. The minimum absolute atomic E-state index is 0.0159. The van der Waals surface area contributed by atoms with E-state index in [9.17, 15) is 9.59 Å². The average molecular weight is 272 g/mol. The van der Waals surface area contributed by atoms with Crippen LogP contribution in [-0.2, 0) is 4.79 Å². The van der Waals surface area contributed by atoms with E-state index < -0.39 is 6.04 Å². The first-order valence-electron chi connectivity index (χ1n) is 6.67. The van der Waals surface area contributed by atoms with Gasteiger partial charge in [-0.15, -0.1) is 0 Å². The molecule has 0 aliphatic carbocycles. The fourth-order valence-electron chi connectivity index (χ4n) is 2.53. The Bertz CT molecular complexity index is 631. The Hall–Kier alpha value is -2.21. The lowest BCUT2D eigenvalue weighted by Gasteiger charge is -2.12. The highest BCUT2D eigenvalue weighted by atomic mass is 16.2. The molecule has 1 amide bonds. The average Bonchev–Trinajstić information content (AvgIpc) is 3.04. The molecule has 20 heavy (non-hydrogen) atoms. The molecule has 1 aromatic heterocycles. The Morgan fingerprint density at radius 2 is 2.25 bits per heavy atom. The van der Waals surface area contributed by atoms with Gasteiger partial charge in [-0.05, 0) is 25.0 Å².